The summed E-state index contributed by atoms with van der Waals surface area (Å²) in [6.07, 6.45) is 0.859. The predicted molar refractivity (Wildman–Crippen MR) is 85.8 cm³/mol. The molecule has 0 saturated carbocycles. The molecule has 2 aromatic rings. The number of benzene rings is 1. The largest absolute Gasteiger partial charge is 0.486 e. The van der Waals surface area contributed by atoms with Crippen molar-refractivity contribution < 1.29 is 9.53 Å². The highest BCUT2D eigenvalue weighted by molar-refractivity contribution is 9.10. The van der Waals surface area contributed by atoms with Gasteiger partial charge in [0.1, 0.15) is 12.4 Å². The van der Waals surface area contributed by atoms with Crippen LogP contribution in [0.15, 0.2) is 22.7 Å². The van der Waals surface area contributed by atoms with E-state index in [2.05, 4.69) is 28.0 Å². The van der Waals surface area contributed by atoms with Crippen LogP contribution in [0.5, 0.6) is 5.75 Å². The van der Waals surface area contributed by atoms with E-state index in [1.165, 1.54) is 0 Å². The molecule has 0 amide bonds. The standard InChI is InChI=1S/C16H19BrN2O2/c1-5-13-16(17)14(19(4)18-13)9-21-15-8-10(2)6-7-12(15)11(3)20/h6-8H,5,9H2,1-4H3. The summed E-state index contributed by atoms with van der Waals surface area (Å²) in [4.78, 5) is 11.7. The lowest BCUT2D eigenvalue weighted by Crippen LogP contribution is -2.06. The summed E-state index contributed by atoms with van der Waals surface area (Å²) >= 11 is 3.57. The maximum atomic E-state index is 11.7. The molecule has 0 unspecified atom stereocenters. The minimum Gasteiger partial charge on any atom is -0.486 e. The number of aryl methyl sites for hydroxylation is 3. The van der Waals surface area contributed by atoms with Crippen molar-refractivity contribution in [3.63, 3.8) is 0 Å². The van der Waals surface area contributed by atoms with Gasteiger partial charge in [-0.1, -0.05) is 13.0 Å². The summed E-state index contributed by atoms with van der Waals surface area (Å²) in [7, 11) is 1.89. The van der Waals surface area contributed by atoms with Crippen molar-refractivity contribution in [1.82, 2.24) is 9.78 Å². The number of aromatic nitrogens is 2. The molecule has 1 aromatic heterocycles. The van der Waals surface area contributed by atoms with Crippen LogP contribution in [0.1, 0.15) is 41.2 Å². The Morgan fingerprint density at radius 3 is 2.71 bits per heavy atom. The van der Waals surface area contributed by atoms with E-state index >= 15 is 0 Å². The van der Waals surface area contributed by atoms with E-state index in [0.29, 0.717) is 17.9 Å². The molecule has 0 bridgehead atoms. The van der Waals surface area contributed by atoms with Crippen LogP contribution >= 0.6 is 15.9 Å². The molecule has 0 atom stereocenters. The molecular formula is C16H19BrN2O2. The van der Waals surface area contributed by atoms with Gasteiger partial charge in [0.2, 0.25) is 0 Å². The van der Waals surface area contributed by atoms with Gasteiger partial charge in [-0.3, -0.25) is 9.48 Å². The van der Waals surface area contributed by atoms with Gasteiger partial charge in [-0.05, 0) is 53.9 Å². The van der Waals surface area contributed by atoms with Crippen molar-refractivity contribution in [1.29, 1.82) is 0 Å². The molecule has 1 aromatic carbocycles. The highest BCUT2D eigenvalue weighted by Gasteiger charge is 2.15. The van der Waals surface area contributed by atoms with Crippen LogP contribution in [0.4, 0.5) is 0 Å². The molecule has 5 heteroatoms. The third kappa shape index (κ3) is 3.35. The Labute approximate surface area is 133 Å². The number of Topliss-reactive ketones (excluding diaryl/α,β-unsaturated/α-hetero) is 1. The maximum Gasteiger partial charge on any atom is 0.163 e. The first-order chi connectivity index (χ1) is 9.93. The second-order valence-corrected chi connectivity index (χ2v) is 5.82. The fourth-order valence-corrected chi connectivity index (χ4v) is 2.89. The van der Waals surface area contributed by atoms with Gasteiger partial charge in [-0.2, -0.15) is 5.10 Å². The molecule has 0 aliphatic rings. The van der Waals surface area contributed by atoms with Crippen molar-refractivity contribution in [2.75, 3.05) is 0 Å². The summed E-state index contributed by atoms with van der Waals surface area (Å²) in [6, 6.07) is 5.61. The van der Waals surface area contributed by atoms with E-state index in [1.54, 1.807) is 6.92 Å². The molecule has 0 radical (unpaired) electrons. The third-order valence-corrected chi connectivity index (χ3v) is 4.30. The number of nitrogens with zero attached hydrogens (tertiary/aromatic N) is 2. The fraction of sp³-hybridized carbons (Fsp3) is 0.375. The maximum absolute atomic E-state index is 11.7. The van der Waals surface area contributed by atoms with Gasteiger partial charge in [-0.15, -0.1) is 0 Å². The second-order valence-electron chi connectivity index (χ2n) is 5.03. The van der Waals surface area contributed by atoms with Crippen molar-refractivity contribution in [3.05, 3.63) is 45.2 Å². The Balaban J connectivity index is 2.26. The highest BCUT2D eigenvalue weighted by Crippen LogP contribution is 2.26. The van der Waals surface area contributed by atoms with E-state index in [1.807, 2.05) is 36.9 Å². The number of ether oxygens (including phenoxy) is 1. The van der Waals surface area contributed by atoms with Gasteiger partial charge in [0.25, 0.3) is 0 Å². The lowest BCUT2D eigenvalue weighted by Gasteiger charge is -2.11. The van der Waals surface area contributed by atoms with Crippen molar-refractivity contribution >= 4 is 21.7 Å². The van der Waals surface area contributed by atoms with Crippen LogP contribution in [0.25, 0.3) is 0 Å². The van der Waals surface area contributed by atoms with Crippen LogP contribution in [0.2, 0.25) is 0 Å². The molecule has 1 heterocycles. The van der Waals surface area contributed by atoms with E-state index in [0.717, 1.165) is 27.8 Å². The molecule has 0 aliphatic heterocycles. The first-order valence-electron chi connectivity index (χ1n) is 6.88. The summed E-state index contributed by atoms with van der Waals surface area (Å²) in [5, 5.41) is 4.44. The molecule has 4 nitrogen and oxygen atoms in total. The van der Waals surface area contributed by atoms with E-state index in [4.69, 9.17) is 4.74 Å². The van der Waals surface area contributed by atoms with Crippen molar-refractivity contribution in [2.45, 2.75) is 33.8 Å². The predicted octanol–water partition coefficient (Wildman–Crippen LogP) is 3.84. The van der Waals surface area contributed by atoms with Crippen LogP contribution in [0, 0.1) is 6.92 Å². The quantitative estimate of drug-likeness (QED) is 0.769. The van der Waals surface area contributed by atoms with Crippen molar-refractivity contribution in [2.24, 2.45) is 7.05 Å². The number of carbonyl (C=O) groups excluding carboxylic acids is 1. The van der Waals surface area contributed by atoms with Gasteiger partial charge >= 0.3 is 0 Å². The number of rotatable bonds is 5. The first kappa shape index (κ1) is 15.8. The molecule has 21 heavy (non-hydrogen) atoms. The van der Waals surface area contributed by atoms with Crippen LogP contribution in [-0.2, 0) is 20.1 Å². The minimum atomic E-state index is 0.00307. The Morgan fingerprint density at radius 1 is 1.43 bits per heavy atom. The van der Waals surface area contributed by atoms with E-state index in [9.17, 15) is 4.79 Å². The van der Waals surface area contributed by atoms with Gasteiger partial charge in [-0.25, -0.2) is 0 Å². The van der Waals surface area contributed by atoms with E-state index < -0.39 is 0 Å². The molecule has 2 rings (SSSR count). The Kier molecular flexibility index (Phi) is 4.83. The number of hydrogen-bond donors (Lipinski definition) is 0. The smallest absolute Gasteiger partial charge is 0.163 e. The lowest BCUT2D eigenvalue weighted by molar-refractivity contribution is 0.101. The first-order valence-corrected chi connectivity index (χ1v) is 7.68. The minimum absolute atomic E-state index is 0.00307. The SMILES string of the molecule is CCc1nn(C)c(COc2cc(C)ccc2C(C)=O)c1Br. The molecule has 0 spiro atoms. The molecule has 0 aliphatic carbocycles. The van der Waals surface area contributed by atoms with Crippen LogP contribution in [0.3, 0.4) is 0 Å². The van der Waals surface area contributed by atoms with Crippen LogP contribution in [-0.4, -0.2) is 15.6 Å². The average molecular weight is 351 g/mol. The molecular weight excluding hydrogens is 332 g/mol. The van der Waals surface area contributed by atoms with Gasteiger partial charge < -0.3 is 4.74 Å². The van der Waals surface area contributed by atoms with Crippen LogP contribution < -0.4 is 4.74 Å². The summed E-state index contributed by atoms with van der Waals surface area (Å²) in [5.74, 6) is 0.622. The molecule has 0 fully saturated rings. The summed E-state index contributed by atoms with van der Waals surface area (Å²) < 4.78 is 8.66. The average Bonchev–Trinajstić information content (AvgIpc) is 2.71. The Hall–Kier alpha value is -1.62. The molecule has 0 saturated heterocycles. The number of ketones is 1. The molecule has 0 N–H and O–H groups in total. The second kappa shape index (κ2) is 6.43. The van der Waals surface area contributed by atoms with Gasteiger partial charge in [0.05, 0.1) is 21.4 Å². The summed E-state index contributed by atoms with van der Waals surface area (Å²) in [6.45, 7) is 5.96. The lowest BCUT2D eigenvalue weighted by atomic mass is 10.1. The topological polar surface area (TPSA) is 44.1 Å². The number of hydrogen-bond acceptors (Lipinski definition) is 3. The Bertz CT molecular complexity index is 677. The van der Waals surface area contributed by atoms with Crippen molar-refractivity contribution in [3.8, 4) is 5.75 Å². The fourth-order valence-electron chi connectivity index (χ4n) is 2.16. The number of carbonyl (C=O) groups is 1. The third-order valence-electron chi connectivity index (χ3n) is 3.38. The number of halogens is 1. The Morgan fingerprint density at radius 2 is 2.14 bits per heavy atom. The highest BCUT2D eigenvalue weighted by atomic mass is 79.9. The monoisotopic (exact) mass is 350 g/mol. The zero-order valence-electron chi connectivity index (χ0n) is 12.7. The van der Waals surface area contributed by atoms with Gasteiger partial charge in [0.15, 0.2) is 5.78 Å². The zero-order valence-corrected chi connectivity index (χ0v) is 14.3. The van der Waals surface area contributed by atoms with E-state index in [-0.39, 0.29) is 5.78 Å². The van der Waals surface area contributed by atoms with Gasteiger partial charge in [0, 0.05) is 7.05 Å². The summed E-state index contributed by atoms with van der Waals surface area (Å²) in [5.41, 5.74) is 3.64. The zero-order chi connectivity index (χ0) is 15.6. The normalized spacial score (nSPS) is 10.7. The molecule has 112 valence electrons.